The largest absolute Gasteiger partial charge is 0.444 e. The molecule has 10 nitrogen and oxygen atoms in total. The van der Waals surface area contributed by atoms with E-state index in [1.807, 2.05) is 20.8 Å². The Kier molecular flexibility index (Phi) is 5.69. The highest BCUT2D eigenvalue weighted by Crippen LogP contribution is 2.29. The molecule has 0 unspecified atom stereocenters. The number of hydrogen-bond donors (Lipinski definition) is 1. The number of nitro benzene ring substituents is 1. The van der Waals surface area contributed by atoms with Crippen molar-refractivity contribution in [3.63, 3.8) is 0 Å². The van der Waals surface area contributed by atoms with Crippen LogP contribution >= 0.6 is 11.3 Å². The van der Waals surface area contributed by atoms with E-state index in [4.69, 9.17) is 9.47 Å². The molecule has 0 radical (unpaired) electrons. The second kappa shape index (κ2) is 8.03. The second-order valence-electron chi connectivity index (χ2n) is 7.31. The second-order valence-corrected chi connectivity index (χ2v) is 8.39. The van der Waals surface area contributed by atoms with Gasteiger partial charge >= 0.3 is 12.2 Å². The van der Waals surface area contributed by atoms with E-state index in [0.29, 0.717) is 24.6 Å². The Hall–Kier alpha value is -3.21. The van der Waals surface area contributed by atoms with Crippen LogP contribution in [0.2, 0.25) is 0 Å². The summed E-state index contributed by atoms with van der Waals surface area (Å²) in [5.41, 5.74) is 0.153. The zero-order valence-electron chi connectivity index (χ0n) is 16.1. The van der Waals surface area contributed by atoms with E-state index in [2.05, 4.69) is 10.3 Å². The molecule has 0 saturated carbocycles. The first-order valence-corrected chi connectivity index (χ1v) is 9.62. The molecule has 0 aliphatic carbocycles. The number of benzene rings is 1. The highest BCUT2D eigenvalue weighted by atomic mass is 32.1. The van der Waals surface area contributed by atoms with Gasteiger partial charge in [-0.25, -0.2) is 14.6 Å². The predicted octanol–water partition coefficient (Wildman–Crippen LogP) is 3.96. The monoisotopic (exact) mass is 420 g/mol. The Morgan fingerprint density at radius 3 is 2.59 bits per heavy atom. The lowest BCUT2D eigenvalue weighted by atomic mass is 10.2. The molecule has 2 amide bonds. The number of nitrogens with zero attached hydrogens (tertiary/aromatic N) is 3. The van der Waals surface area contributed by atoms with Crippen molar-refractivity contribution in [2.45, 2.75) is 39.3 Å². The number of non-ortho nitro benzene ring substituents is 1. The van der Waals surface area contributed by atoms with E-state index in [-0.39, 0.29) is 17.5 Å². The van der Waals surface area contributed by atoms with Crippen molar-refractivity contribution >= 4 is 34.3 Å². The maximum absolute atomic E-state index is 12.2. The summed E-state index contributed by atoms with van der Waals surface area (Å²) in [4.78, 5) is 41.3. The Morgan fingerprint density at radius 1 is 1.28 bits per heavy atom. The van der Waals surface area contributed by atoms with Crippen molar-refractivity contribution in [2.24, 2.45) is 0 Å². The maximum atomic E-state index is 12.2. The third-order valence-corrected chi connectivity index (χ3v) is 4.85. The van der Waals surface area contributed by atoms with E-state index in [9.17, 15) is 19.7 Å². The zero-order valence-corrected chi connectivity index (χ0v) is 16.9. The molecule has 2 aromatic rings. The quantitative estimate of drug-likeness (QED) is 0.589. The molecule has 29 heavy (non-hydrogen) atoms. The number of nitro groups is 1. The Balaban J connectivity index is 1.59. The minimum absolute atomic E-state index is 0.0973. The molecule has 0 bridgehead atoms. The van der Waals surface area contributed by atoms with Crippen LogP contribution in [-0.4, -0.2) is 39.1 Å². The van der Waals surface area contributed by atoms with Crippen LogP contribution in [0.15, 0.2) is 24.3 Å². The molecule has 0 atom stereocenters. The van der Waals surface area contributed by atoms with Crippen molar-refractivity contribution in [2.75, 3.05) is 11.9 Å². The lowest BCUT2D eigenvalue weighted by molar-refractivity contribution is -0.384. The molecule has 0 spiro atoms. The molecule has 11 heteroatoms. The lowest BCUT2D eigenvalue weighted by Crippen LogP contribution is -2.39. The van der Waals surface area contributed by atoms with Gasteiger partial charge < -0.3 is 14.4 Å². The molecule has 1 aromatic carbocycles. The number of aromatic nitrogens is 1. The van der Waals surface area contributed by atoms with E-state index >= 15 is 0 Å². The first-order chi connectivity index (χ1) is 13.6. The summed E-state index contributed by atoms with van der Waals surface area (Å²) in [7, 11) is 0. The van der Waals surface area contributed by atoms with Gasteiger partial charge in [0.05, 0.1) is 17.2 Å². The normalized spacial score (nSPS) is 13.4. The van der Waals surface area contributed by atoms with E-state index in [1.165, 1.54) is 35.6 Å². The number of hydrogen-bond acceptors (Lipinski definition) is 8. The summed E-state index contributed by atoms with van der Waals surface area (Å²) in [6.45, 7) is 6.28. The summed E-state index contributed by atoms with van der Waals surface area (Å²) >= 11 is 1.26. The fourth-order valence-electron chi connectivity index (χ4n) is 2.59. The zero-order chi connectivity index (χ0) is 21.2. The van der Waals surface area contributed by atoms with Crippen LogP contribution in [0.4, 0.5) is 20.4 Å². The van der Waals surface area contributed by atoms with Crippen LogP contribution in [0, 0.1) is 10.1 Å². The van der Waals surface area contributed by atoms with Gasteiger partial charge in [0, 0.05) is 30.0 Å². The maximum Gasteiger partial charge on any atom is 0.418 e. The summed E-state index contributed by atoms with van der Waals surface area (Å²) in [5.74, 6) is 0.172. The van der Waals surface area contributed by atoms with Crippen LogP contribution < -0.4 is 10.1 Å². The number of ether oxygens (including phenoxy) is 2. The van der Waals surface area contributed by atoms with Crippen LogP contribution in [0.3, 0.4) is 0 Å². The van der Waals surface area contributed by atoms with Crippen molar-refractivity contribution in [3.05, 3.63) is 45.0 Å². The standard InChI is InChI=1S/C18H20N4O6S/c1-18(2,3)28-17(24)21-9-8-13-14(10-21)29-15(19-13)20-16(23)27-12-6-4-11(5-7-12)22(25)26/h4-7H,8-10H2,1-3H3,(H,19,20,23). The molecule has 1 aliphatic rings. The smallest absolute Gasteiger partial charge is 0.418 e. The molecule has 1 N–H and O–H groups in total. The molecule has 2 heterocycles. The van der Waals surface area contributed by atoms with Gasteiger partial charge in [0.1, 0.15) is 11.4 Å². The van der Waals surface area contributed by atoms with E-state index in [1.54, 1.807) is 4.90 Å². The third-order valence-electron chi connectivity index (χ3n) is 3.85. The molecular formula is C18H20N4O6S. The Bertz CT molecular complexity index is 935. The SMILES string of the molecule is CC(C)(C)OC(=O)N1CCc2nc(NC(=O)Oc3ccc([N+](=O)[O-])cc3)sc2C1. The van der Waals surface area contributed by atoms with Crippen molar-refractivity contribution in [3.8, 4) is 5.75 Å². The first kappa shape index (κ1) is 20.5. The average molecular weight is 420 g/mol. The number of thiazole rings is 1. The number of nitrogens with one attached hydrogen (secondary N) is 1. The summed E-state index contributed by atoms with van der Waals surface area (Å²) in [5, 5.41) is 13.6. The molecule has 1 aliphatic heterocycles. The molecule has 3 rings (SSSR count). The summed E-state index contributed by atoms with van der Waals surface area (Å²) in [6, 6.07) is 5.17. The van der Waals surface area contributed by atoms with Gasteiger partial charge in [-0.15, -0.1) is 0 Å². The molecule has 0 fully saturated rings. The number of rotatable bonds is 3. The highest BCUT2D eigenvalue weighted by molar-refractivity contribution is 7.15. The van der Waals surface area contributed by atoms with Crippen LogP contribution in [0.1, 0.15) is 31.3 Å². The van der Waals surface area contributed by atoms with Crippen LogP contribution in [0.25, 0.3) is 0 Å². The number of carbonyl (C=O) groups is 2. The van der Waals surface area contributed by atoms with E-state index in [0.717, 1.165) is 10.6 Å². The number of anilines is 1. The number of carbonyl (C=O) groups excluding carboxylic acids is 2. The Labute approximate surface area is 170 Å². The molecular weight excluding hydrogens is 400 g/mol. The van der Waals surface area contributed by atoms with Gasteiger partial charge in [-0.3, -0.25) is 15.4 Å². The van der Waals surface area contributed by atoms with Crippen molar-refractivity contribution in [1.82, 2.24) is 9.88 Å². The fraction of sp³-hybridized carbons (Fsp3) is 0.389. The molecule has 1 aromatic heterocycles. The van der Waals surface area contributed by atoms with Crippen molar-refractivity contribution in [1.29, 1.82) is 0 Å². The number of fused-ring (bicyclic) bond motifs is 1. The number of amides is 2. The van der Waals surface area contributed by atoms with Gasteiger partial charge in [0.25, 0.3) is 5.69 Å². The Morgan fingerprint density at radius 2 is 1.97 bits per heavy atom. The van der Waals surface area contributed by atoms with Crippen LogP contribution in [-0.2, 0) is 17.7 Å². The minimum Gasteiger partial charge on any atom is -0.444 e. The molecule has 154 valence electrons. The van der Waals surface area contributed by atoms with Gasteiger partial charge in [-0.1, -0.05) is 11.3 Å². The lowest BCUT2D eigenvalue weighted by Gasteiger charge is -2.29. The van der Waals surface area contributed by atoms with Gasteiger partial charge in [-0.2, -0.15) is 0 Å². The van der Waals surface area contributed by atoms with Crippen molar-refractivity contribution < 1.29 is 24.0 Å². The highest BCUT2D eigenvalue weighted by Gasteiger charge is 2.28. The average Bonchev–Trinajstić information content (AvgIpc) is 3.01. The summed E-state index contributed by atoms with van der Waals surface area (Å²) < 4.78 is 10.5. The van der Waals surface area contributed by atoms with Gasteiger partial charge in [0.2, 0.25) is 0 Å². The van der Waals surface area contributed by atoms with Gasteiger partial charge in [-0.05, 0) is 32.9 Å². The topological polar surface area (TPSA) is 124 Å². The van der Waals surface area contributed by atoms with E-state index < -0.39 is 16.6 Å². The molecule has 0 saturated heterocycles. The summed E-state index contributed by atoms with van der Waals surface area (Å²) in [6.07, 6.45) is -0.581. The predicted molar refractivity (Wildman–Crippen MR) is 105 cm³/mol. The van der Waals surface area contributed by atoms with Crippen LogP contribution in [0.5, 0.6) is 5.75 Å². The fourth-order valence-corrected chi connectivity index (χ4v) is 3.60. The third kappa shape index (κ3) is 5.41. The minimum atomic E-state index is -0.756. The first-order valence-electron chi connectivity index (χ1n) is 8.80. The van der Waals surface area contributed by atoms with Gasteiger partial charge in [0.15, 0.2) is 5.13 Å².